The summed E-state index contributed by atoms with van der Waals surface area (Å²) < 4.78 is 10.8. The second kappa shape index (κ2) is 10.3. The Balaban J connectivity index is 1.55. The van der Waals surface area contributed by atoms with Crippen LogP contribution in [0, 0.1) is 0 Å². The van der Waals surface area contributed by atoms with E-state index in [0.29, 0.717) is 31.2 Å². The number of para-hydroxylation sites is 2. The molecule has 0 spiro atoms. The number of ether oxygens (including phenoxy) is 2. The average Bonchev–Trinajstić information content (AvgIpc) is 2.62. The zero-order valence-electron chi connectivity index (χ0n) is 14.0. The van der Waals surface area contributed by atoms with Gasteiger partial charge in [0.15, 0.2) is 0 Å². The quantitative estimate of drug-likeness (QED) is 0.693. The van der Waals surface area contributed by atoms with Gasteiger partial charge in [-0.05, 0) is 30.5 Å². The maximum Gasteiger partial charge on any atom is 0.319 e. The number of rotatable bonds is 9. The number of methoxy groups -OCH3 is 1. The molecule has 0 atom stereocenters. The van der Waals surface area contributed by atoms with Crippen LogP contribution in [0.5, 0.6) is 5.75 Å². The van der Waals surface area contributed by atoms with E-state index in [2.05, 4.69) is 22.8 Å². The molecule has 2 rings (SSSR count). The first-order valence-electron chi connectivity index (χ1n) is 8.09. The van der Waals surface area contributed by atoms with E-state index in [0.717, 1.165) is 12.8 Å². The zero-order chi connectivity index (χ0) is 17.0. The molecule has 0 radical (unpaired) electrons. The molecule has 2 N–H and O–H groups in total. The molecule has 0 saturated heterocycles. The van der Waals surface area contributed by atoms with E-state index < -0.39 is 0 Å². The van der Waals surface area contributed by atoms with Crippen LogP contribution >= 0.6 is 0 Å². The minimum Gasteiger partial charge on any atom is -0.495 e. The van der Waals surface area contributed by atoms with E-state index in [-0.39, 0.29) is 6.03 Å². The van der Waals surface area contributed by atoms with Crippen LogP contribution in [0.3, 0.4) is 0 Å². The highest BCUT2D eigenvalue weighted by molar-refractivity contribution is 5.90. The standard InChI is InChI=1S/C19H24N2O3/c1-23-18-11-6-5-10-17(18)21-19(22)20-13-7-14-24-15-12-16-8-3-2-4-9-16/h2-6,8-11H,7,12-15H2,1H3,(H2,20,21,22). The Morgan fingerprint density at radius 3 is 2.54 bits per heavy atom. The van der Waals surface area contributed by atoms with Crippen LogP contribution in [0.4, 0.5) is 10.5 Å². The Kier molecular flexibility index (Phi) is 7.63. The molecule has 0 aliphatic rings. The first kappa shape index (κ1) is 17.8. The predicted molar refractivity (Wildman–Crippen MR) is 95.6 cm³/mol. The number of anilines is 1. The van der Waals surface area contributed by atoms with Gasteiger partial charge in [-0.1, -0.05) is 42.5 Å². The van der Waals surface area contributed by atoms with Gasteiger partial charge in [0, 0.05) is 13.2 Å². The molecule has 0 aromatic heterocycles. The van der Waals surface area contributed by atoms with Crippen molar-refractivity contribution in [3.05, 3.63) is 60.2 Å². The Morgan fingerprint density at radius 2 is 1.75 bits per heavy atom. The molecule has 0 heterocycles. The van der Waals surface area contributed by atoms with Crippen LogP contribution in [0.15, 0.2) is 54.6 Å². The summed E-state index contributed by atoms with van der Waals surface area (Å²) in [4.78, 5) is 11.8. The fourth-order valence-electron chi connectivity index (χ4n) is 2.23. The molecule has 0 aliphatic heterocycles. The average molecular weight is 328 g/mol. The minimum absolute atomic E-state index is 0.246. The highest BCUT2D eigenvalue weighted by atomic mass is 16.5. The second-order valence-electron chi connectivity index (χ2n) is 5.28. The van der Waals surface area contributed by atoms with Gasteiger partial charge in [0.1, 0.15) is 5.75 Å². The highest BCUT2D eigenvalue weighted by Crippen LogP contribution is 2.22. The van der Waals surface area contributed by atoms with Crippen molar-refractivity contribution in [1.29, 1.82) is 0 Å². The number of carbonyl (C=O) groups excluding carboxylic acids is 1. The molecule has 2 aromatic carbocycles. The second-order valence-corrected chi connectivity index (χ2v) is 5.28. The maximum absolute atomic E-state index is 11.8. The van der Waals surface area contributed by atoms with Gasteiger partial charge in [-0.3, -0.25) is 0 Å². The van der Waals surface area contributed by atoms with E-state index in [1.807, 2.05) is 30.3 Å². The molecule has 0 saturated carbocycles. The topological polar surface area (TPSA) is 59.6 Å². The molecule has 2 aromatic rings. The SMILES string of the molecule is COc1ccccc1NC(=O)NCCCOCCc1ccccc1. The van der Waals surface area contributed by atoms with Crippen LogP contribution in [-0.4, -0.2) is 32.9 Å². The van der Waals surface area contributed by atoms with Gasteiger partial charge in [0.25, 0.3) is 0 Å². The first-order chi connectivity index (χ1) is 11.8. The van der Waals surface area contributed by atoms with Gasteiger partial charge < -0.3 is 20.1 Å². The largest absolute Gasteiger partial charge is 0.495 e. The van der Waals surface area contributed by atoms with Gasteiger partial charge in [0.2, 0.25) is 0 Å². The Hall–Kier alpha value is -2.53. The summed E-state index contributed by atoms with van der Waals surface area (Å²) in [6.07, 6.45) is 1.68. The van der Waals surface area contributed by atoms with Gasteiger partial charge in [0.05, 0.1) is 19.4 Å². The number of amides is 2. The van der Waals surface area contributed by atoms with Crippen molar-refractivity contribution in [2.24, 2.45) is 0 Å². The van der Waals surface area contributed by atoms with Crippen molar-refractivity contribution < 1.29 is 14.3 Å². The maximum atomic E-state index is 11.8. The molecule has 0 unspecified atom stereocenters. The van der Waals surface area contributed by atoms with E-state index in [1.165, 1.54) is 5.56 Å². The molecule has 2 amide bonds. The van der Waals surface area contributed by atoms with Gasteiger partial charge in [-0.25, -0.2) is 4.79 Å². The van der Waals surface area contributed by atoms with Crippen LogP contribution in [-0.2, 0) is 11.2 Å². The Bertz CT molecular complexity index is 617. The number of hydrogen-bond donors (Lipinski definition) is 2. The lowest BCUT2D eigenvalue weighted by Crippen LogP contribution is -2.30. The fourth-order valence-corrected chi connectivity index (χ4v) is 2.23. The highest BCUT2D eigenvalue weighted by Gasteiger charge is 2.05. The van der Waals surface area contributed by atoms with Gasteiger partial charge in [-0.15, -0.1) is 0 Å². The normalized spacial score (nSPS) is 10.2. The predicted octanol–water partition coefficient (Wildman–Crippen LogP) is 3.47. The molecule has 0 aliphatic carbocycles. The number of hydrogen-bond acceptors (Lipinski definition) is 3. The van der Waals surface area contributed by atoms with Crippen LogP contribution in [0.25, 0.3) is 0 Å². The molecule has 0 fully saturated rings. The van der Waals surface area contributed by atoms with Gasteiger partial charge in [-0.2, -0.15) is 0 Å². The molecule has 5 nitrogen and oxygen atoms in total. The summed E-state index contributed by atoms with van der Waals surface area (Å²) in [6.45, 7) is 1.88. The van der Waals surface area contributed by atoms with Crippen molar-refractivity contribution in [2.45, 2.75) is 12.8 Å². The number of nitrogens with one attached hydrogen (secondary N) is 2. The summed E-state index contributed by atoms with van der Waals surface area (Å²) in [7, 11) is 1.57. The lowest BCUT2D eigenvalue weighted by molar-refractivity contribution is 0.135. The van der Waals surface area contributed by atoms with Crippen LogP contribution in [0.2, 0.25) is 0 Å². The summed E-state index contributed by atoms with van der Waals surface area (Å²) >= 11 is 0. The number of carbonyl (C=O) groups is 1. The van der Waals surface area contributed by atoms with Crippen molar-refractivity contribution in [2.75, 3.05) is 32.2 Å². The molecule has 0 bridgehead atoms. The van der Waals surface area contributed by atoms with E-state index in [1.54, 1.807) is 19.2 Å². The summed E-state index contributed by atoms with van der Waals surface area (Å²) in [5.74, 6) is 0.636. The summed E-state index contributed by atoms with van der Waals surface area (Å²) in [5, 5.41) is 5.57. The van der Waals surface area contributed by atoms with E-state index in [9.17, 15) is 4.79 Å². The lowest BCUT2D eigenvalue weighted by Gasteiger charge is -2.11. The van der Waals surface area contributed by atoms with Gasteiger partial charge >= 0.3 is 6.03 Å². The third-order valence-corrected chi connectivity index (χ3v) is 3.48. The van der Waals surface area contributed by atoms with Crippen molar-refractivity contribution in [1.82, 2.24) is 5.32 Å². The first-order valence-corrected chi connectivity index (χ1v) is 8.09. The summed E-state index contributed by atoms with van der Waals surface area (Å²) in [5.41, 5.74) is 1.92. The van der Waals surface area contributed by atoms with Crippen molar-refractivity contribution in [3.63, 3.8) is 0 Å². The molecule has 24 heavy (non-hydrogen) atoms. The molecule has 5 heteroatoms. The van der Waals surface area contributed by atoms with Crippen molar-refractivity contribution >= 4 is 11.7 Å². The van der Waals surface area contributed by atoms with Crippen LogP contribution < -0.4 is 15.4 Å². The van der Waals surface area contributed by atoms with E-state index in [4.69, 9.17) is 9.47 Å². The Labute approximate surface area is 143 Å². The summed E-state index contributed by atoms with van der Waals surface area (Å²) in [6, 6.07) is 17.3. The fraction of sp³-hybridized carbons (Fsp3) is 0.316. The molecular formula is C19H24N2O3. The molecular weight excluding hydrogens is 304 g/mol. The van der Waals surface area contributed by atoms with Crippen LogP contribution in [0.1, 0.15) is 12.0 Å². The lowest BCUT2D eigenvalue weighted by atomic mass is 10.2. The third-order valence-electron chi connectivity index (χ3n) is 3.48. The molecule has 128 valence electrons. The third kappa shape index (κ3) is 6.30. The zero-order valence-corrected chi connectivity index (χ0v) is 14.0. The minimum atomic E-state index is -0.246. The monoisotopic (exact) mass is 328 g/mol. The number of benzene rings is 2. The smallest absolute Gasteiger partial charge is 0.319 e. The number of urea groups is 1. The van der Waals surface area contributed by atoms with Crippen molar-refractivity contribution in [3.8, 4) is 5.75 Å². The Morgan fingerprint density at radius 1 is 1.00 bits per heavy atom. The van der Waals surface area contributed by atoms with E-state index >= 15 is 0 Å².